The molecule has 0 saturated carbocycles. The Morgan fingerprint density at radius 3 is 2.55 bits per heavy atom. The summed E-state index contributed by atoms with van der Waals surface area (Å²) in [5.41, 5.74) is 1.12. The number of carbonyl (C=O) groups is 1. The van der Waals surface area contributed by atoms with Crippen molar-refractivity contribution in [3.63, 3.8) is 0 Å². The molecule has 0 spiro atoms. The minimum absolute atomic E-state index is 0.147. The first kappa shape index (κ1) is 10.8. The second-order valence-corrected chi connectivity index (χ2v) is 3.49. The van der Waals surface area contributed by atoms with Crippen molar-refractivity contribution < 1.29 is 4.79 Å². The van der Waals surface area contributed by atoms with Crippen LogP contribution in [-0.4, -0.2) is 5.12 Å². The average molecular weight is 172 g/mol. The van der Waals surface area contributed by atoms with Gasteiger partial charge in [0, 0.05) is 0 Å². The molecule has 0 aromatic rings. The van der Waals surface area contributed by atoms with Gasteiger partial charge in [0.05, 0.1) is 0 Å². The Labute approximate surface area is 74.3 Å². The number of hydrogen-bond donors (Lipinski definition) is 1. The molecular formula is C9H16OS. The molecule has 0 N–H and O–H groups in total. The number of rotatable bonds is 4. The summed E-state index contributed by atoms with van der Waals surface area (Å²) < 4.78 is 0. The minimum Gasteiger partial charge on any atom is -0.283 e. The summed E-state index contributed by atoms with van der Waals surface area (Å²) >= 11 is 3.67. The van der Waals surface area contributed by atoms with Crippen molar-refractivity contribution >= 4 is 17.7 Å². The van der Waals surface area contributed by atoms with Crippen LogP contribution in [0, 0.1) is 5.92 Å². The molecule has 0 heterocycles. The predicted octanol–water partition coefficient (Wildman–Crippen LogP) is 2.83. The van der Waals surface area contributed by atoms with Gasteiger partial charge >= 0.3 is 0 Å². The lowest BCUT2D eigenvalue weighted by molar-refractivity contribution is -0.106. The first-order valence-electron chi connectivity index (χ1n) is 3.96. The lowest BCUT2D eigenvalue weighted by Gasteiger charge is -2.06. The topological polar surface area (TPSA) is 17.1 Å². The van der Waals surface area contributed by atoms with Crippen molar-refractivity contribution in [2.75, 3.05) is 0 Å². The zero-order valence-electron chi connectivity index (χ0n) is 7.42. The van der Waals surface area contributed by atoms with Crippen LogP contribution in [0.4, 0.5) is 0 Å². The van der Waals surface area contributed by atoms with Crippen molar-refractivity contribution in [2.24, 2.45) is 5.92 Å². The molecule has 0 aliphatic rings. The molecule has 1 atom stereocenters. The first-order valence-corrected chi connectivity index (χ1v) is 4.41. The molecule has 0 radical (unpaired) electrons. The van der Waals surface area contributed by atoms with Crippen molar-refractivity contribution in [2.45, 2.75) is 33.6 Å². The minimum atomic E-state index is -0.147. The van der Waals surface area contributed by atoms with Crippen LogP contribution >= 0.6 is 12.6 Å². The van der Waals surface area contributed by atoms with Gasteiger partial charge in [-0.25, -0.2) is 0 Å². The van der Waals surface area contributed by atoms with E-state index >= 15 is 0 Å². The van der Waals surface area contributed by atoms with E-state index in [1.165, 1.54) is 0 Å². The molecule has 1 nitrogen and oxygen atoms in total. The summed E-state index contributed by atoms with van der Waals surface area (Å²) in [6.45, 7) is 6.31. The van der Waals surface area contributed by atoms with E-state index in [9.17, 15) is 4.79 Å². The fraction of sp³-hybridized carbons (Fsp3) is 0.667. The van der Waals surface area contributed by atoms with Gasteiger partial charge in [-0.05, 0) is 25.3 Å². The molecule has 0 aromatic heterocycles. The van der Waals surface area contributed by atoms with E-state index in [2.05, 4.69) is 26.5 Å². The number of allylic oxidation sites excluding steroid dienone is 1. The number of carbonyl (C=O) groups excluding carboxylic acids is 1. The van der Waals surface area contributed by atoms with Crippen LogP contribution in [0.2, 0.25) is 0 Å². The molecule has 1 unspecified atom stereocenters. The molecule has 11 heavy (non-hydrogen) atoms. The molecular weight excluding hydrogens is 156 g/mol. The summed E-state index contributed by atoms with van der Waals surface area (Å²) in [6, 6.07) is 0. The van der Waals surface area contributed by atoms with Gasteiger partial charge in [-0.1, -0.05) is 25.8 Å². The fourth-order valence-electron chi connectivity index (χ4n) is 0.964. The van der Waals surface area contributed by atoms with Gasteiger partial charge in [-0.3, -0.25) is 4.79 Å². The van der Waals surface area contributed by atoms with Crippen LogP contribution in [-0.2, 0) is 4.79 Å². The van der Waals surface area contributed by atoms with Crippen molar-refractivity contribution in [3.8, 4) is 0 Å². The van der Waals surface area contributed by atoms with Gasteiger partial charge in [-0.15, -0.1) is 12.6 Å². The Balaban J connectivity index is 3.85. The molecule has 0 saturated heterocycles. The highest BCUT2D eigenvalue weighted by molar-refractivity contribution is 7.97. The Bertz CT molecular complexity index is 161. The Kier molecular flexibility index (Phi) is 5.30. The van der Waals surface area contributed by atoms with E-state index in [0.29, 0.717) is 5.92 Å². The van der Waals surface area contributed by atoms with Gasteiger partial charge in [-0.2, -0.15) is 0 Å². The molecule has 64 valence electrons. The lowest BCUT2D eigenvalue weighted by atomic mass is 10.00. The zero-order valence-corrected chi connectivity index (χ0v) is 8.32. The molecule has 0 rings (SSSR count). The summed E-state index contributed by atoms with van der Waals surface area (Å²) in [5.74, 6) is 0.666. The molecule has 0 aliphatic carbocycles. The highest BCUT2D eigenvalue weighted by atomic mass is 32.1. The third-order valence-electron chi connectivity index (χ3n) is 1.74. The number of thiol groups is 1. The smallest absolute Gasteiger partial charge is 0.209 e. The summed E-state index contributed by atoms with van der Waals surface area (Å²) in [5, 5.41) is -0.147. The maximum absolute atomic E-state index is 10.5. The Morgan fingerprint density at radius 1 is 1.64 bits per heavy atom. The third-order valence-corrected chi connectivity index (χ3v) is 1.87. The summed E-state index contributed by atoms with van der Waals surface area (Å²) in [7, 11) is 0. The van der Waals surface area contributed by atoms with E-state index in [0.717, 1.165) is 18.4 Å². The zero-order chi connectivity index (χ0) is 8.85. The monoisotopic (exact) mass is 172 g/mol. The van der Waals surface area contributed by atoms with Gasteiger partial charge in [0.2, 0.25) is 5.12 Å². The summed E-state index contributed by atoms with van der Waals surface area (Å²) in [4.78, 5) is 10.5. The van der Waals surface area contributed by atoms with Crippen LogP contribution in [0.1, 0.15) is 33.6 Å². The van der Waals surface area contributed by atoms with Gasteiger partial charge in [0.1, 0.15) is 0 Å². The normalized spacial score (nSPS) is 14.7. The molecule has 0 amide bonds. The van der Waals surface area contributed by atoms with E-state index < -0.39 is 0 Å². The molecule has 0 bridgehead atoms. The van der Waals surface area contributed by atoms with Crippen molar-refractivity contribution in [1.29, 1.82) is 0 Å². The van der Waals surface area contributed by atoms with Gasteiger partial charge in [0.15, 0.2) is 0 Å². The van der Waals surface area contributed by atoms with E-state index in [1.54, 1.807) is 6.08 Å². The van der Waals surface area contributed by atoms with Crippen molar-refractivity contribution in [1.82, 2.24) is 0 Å². The van der Waals surface area contributed by atoms with Gasteiger partial charge in [0.25, 0.3) is 0 Å². The molecule has 0 aliphatic heterocycles. The second-order valence-electron chi connectivity index (χ2n) is 3.05. The predicted molar refractivity (Wildman–Crippen MR) is 51.8 cm³/mol. The number of hydrogen-bond acceptors (Lipinski definition) is 1. The van der Waals surface area contributed by atoms with E-state index in [-0.39, 0.29) is 5.12 Å². The SMILES string of the molecule is CCC(C)CC(C)=CC(=O)S. The molecule has 2 heteroatoms. The second kappa shape index (κ2) is 5.42. The highest BCUT2D eigenvalue weighted by Crippen LogP contribution is 2.13. The largest absolute Gasteiger partial charge is 0.283 e. The third kappa shape index (κ3) is 6.17. The van der Waals surface area contributed by atoms with Crippen molar-refractivity contribution in [3.05, 3.63) is 11.6 Å². The van der Waals surface area contributed by atoms with E-state index in [1.807, 2.05) is 6.92 Å². The van der Waals surface area contributed by atoms with Crippen LogP contribution in [0.3, 0.4) is 0 Å². The molecule has 0 aromatic carbocycles. The highest BCUT2D eigenvalue weighted by Gasteiger charge is 2.00. The van der Waals surface area contributed by atoms with Crippen LogP contribution in [0.25, 0.3) is 0 Å². The Hall–Kier alpha value is -0.240. The van der Waals surface area contributed by atoms with Crippen LogP contribution in [0.15, 0.2) is 11.6 Å². The maximum Gasteiger partial charge on any atom is 0.209 e. The average Bonchev–Trinajstić information content (AvgIpc) is 1.85. The standard InChI is InChI=1S/C9H16OS/c1-4-7(2)5-8(3)6-9(10)11/h6-7H,4-5H2,1-3H3,(H,10,11). The van der Waals surface area contributed by atoms with E-state index in [4.69, 9.17) is 0 Å². The quantitative estimate of drug-likeness (QED) is 0.509. The lowest BCUT2D eigenvalue weighted by Crippen LogP contribution is -1.93. The summed E-state index contributed by atoms with van der Waals surface area (Å²) in [6.07, 6.45) is 3.75. The Morgan fingerprint density at radius 2 is 2.18 bits per heavy atom. The van der Waals surface area contributed by atoms with Gasteiger partial charge < -0.3 is 0 Å². The maximum atomic E-state index is 10.5. The van der Waals surface area contributed by atoms with Crippen LogP contribution in [0.5, 0.6) is 0 Å². The van der Waals surface area contributed by atoms with Crippen LogP contribution < -0.4 is 0 Å². The fourth-order valence-corrected chi connectivity index (χ4v) is 1.18. The first-order chi connectivity index (χ1) is 5.06. The molecule has 0 fully saturated rings.